The molecular weight excluding hydrogens is 318 g/mol. The standard InChI is InChI=1S/C19H23N3O3/c23-12-13-6-9-21(10-7-13)15-2-1-3-16-14(15)8-11-22(16)17-4-5-18(24)20-19(17)25/h1-3,8,11,13,17,23H,4-7,9-10,12H2,(H,20,24,25). The minimum Gasteiger partial charge on any atom is -0.396 e. The van der Waals surface area contributed by atoms with Crippen LogP contribution in [0.4, 0.5) is 5.69 Å². The maximum absolute atomic E-state index is 12.2. The van der Waals surface area contributed by atoms with Crippen molar-refractivity contribution in [3.8, 4) is 0 Å². The summed E-state index contributed by atoms with van der Waals surface area (Å²) in [7, 11) is 0. The van der Waals surface area contributed by atoms with Gasteiger partial charge in [0, 0.05) is 43.4 Å². The molecule has 0 spiro atoms. The first kappa shape index (κ1) is 16.1. The predicted molar refractivity (Wildman–Crippen MR) is 95.4 cm³/mol. The predicted octanol–water partition coefficient (Wildman–Crippen LogP) is 1.83. The van der Waals surface area contributed by atoms with Crippen LogP contribution in [0, 0.1) is 5.92 Å². The van der Waals surface area contributed by atoms with Gasteiger partial charge < -0.3 is 14.6 Å². The van der Waals surface area contributed by atoms with Gasteiger partial charge in [-0.3, -0.25) is 14.9 Å². The molecule has 6 heteroatoms. The van der Waals surface area contributed by atoms with Gasteiger partial charge in [0.15, 0.2) is 0 Å². The molecule has 2 fully saturated rings. The van der Waals surface area contributed by atoms with Crippen LogP contribution >= 0.6 is 0 Å². The number of rotatable bonds is 3. The third kappa shape index (κ3) is 2.91. The minimum absolute atomic E-state index is 0.190. The van der Waals surface area contributed by atoms with E-state index in [4.69, 9.17) is 0 Å². The molecule has 1 atom stereocenters. The smallest absolute Gasteiger partial charge is 0.249 e. The number of carbonyl (C=O) groups is 2. The molecule has 2 aliphatic heterocycles. The van der Waals surface area contributed by atoms with Crippen molar-refractivity contribution in [1.82, 2.24) is 9.88 Å². The Morgan fingerprint density at radius 1 is 1.12 bits per heavy atom. The Labute approximate surface area is 146 Å². The van der Waals surface area contributed by atoms with Crippen molar-refractivity contribution in [2.24, 2.45) is 5.92 Å². The summed E-state index contributed by atoms with van der Waals surface area (Å²) in [6, 6.07) is 7.91. The topological polar surface area (TPSA) is 74.6 Å². The molecule has 1 aromatic heterocycles. The number of imide groups is 1. The van der Waals surface area contributed by atoms with Gasteiger partial charge in [0.05, 0.1) is 5.52 Å². The lowest BCUT2D eigenvalue weighted by Crippen LogP contribution is -2.41. The van der Waals surface area contributed by atoms with E-state index in [1.807, 2.05) is 22.9 Å². The number of carbonyl (C=O) groups excluding carboxylic acids is 2. The molecule has 0 radical (unpaired) electrons. The zero-order valence-electron chi connectivity index (χ0n) is 14.1. The number of aromatic nitrogens is 1. The second-order valence-electron chi connectivity index (χ2n) is 7.01. The molecule has 25 heavy (non-hydrogen) atoms. The van der Waals surface area contributed by atoms with E-state index in [1.165, 1.54) is 5.69 Å². The molecular formula is C19H23N3O3. The Morgan fingerprint density at radius 3 is 2.64 bits per heavy atom. The van der Waals surface area contributed by atoms with Crippen LogP contribution in [-0.2, 0) is 9.59 Å². The van der Waals surface area contributed by atoms with Crippen molar-refractivity contribution >= 4 is 28.4 Å². The first-order valence-electron chi connectivity index (χ1n) is 8.96. The van der Waals surface area contributed by atoms with Crippen LogP contribution < -0.4 is 10.2 Å². The molecule has 2 aliphatic rings. The van der Waals surface area contributed by atoms with Crippen molar-refractivity contribution < 1.29 is 14.7 Å². The molecule has 1 aromatic carbocycles. The van der Waals surface area contributed by atoms with Gasteiger partial charge in [-0.2, -0.15) is 0 Å². The van der Waals surface area contributed by atoms with Gasteiger partial charge in [-0.1, -0.05) is 6.07 Å². The van der Waals surface area contributed by atoms with Gasteiger partial charge in [-0.05, 0) is 43.4 Å². The number of hydrogen-bond donors (Lipinski definition) is 2. The lowest BCUT2D eigenvalue weighted by atomic mass is 9.97. The number of fused-ring (bicyclic) bond motifs is 1. The largest absolute Gasteiger partial charge is 0.396 e. The average Bonchev–Trinajstić information content (AvgIpc) is 3.06. The van der Waals surface area contributed by atoms with Crippen LogP contribution in [0.15, 0.2) is 30.5 Å². The van der Waals surface area contributed by atoms with E-state index < -0.39 is 0 Å². The van der Waals surface area contributed by atoms with Crippen molar-refractivity contribution in [2.75, 3.05) is 24.6 Å². The summed E-state index contributed by atoms with van der Waals surface area (Å²) in [4.78, 5) is 26.0. The molecule has 6 nitrogen and oxygen atoms in total. The van der Waals surface area contributed by atoms with E-state index in [0.717, 1.165) is 36.8 Å². The molecule has 132 valence electrons. The number of hydrogen-bond acceptors (Lipinski definition) is 4. The molecule has 0 saturated carbocycles. The van der Waals surface area contributed by atoms with Gasteiger partial charge in [0.25, 0.3) is 0 Å². The van der Waals surface area contributed by atoms with Crippen LogP contribution in [0.3, 0.4) is 0 Å². The Kier molecular flexibility index (Phi) is 4.21. The Bertz CT molecular complexity index is 805. The van der Waals surface area contributed by atoms with Crippen LogP contribution in [0.1, 0.15) is 31.7 Å². The molecule has 2 saturated heterocycles. The molecule has 1 unspecified atom stereocenters. The minimum atomic E-state index is -0.328. The summed E-state index contributed by atoms with van der Waals surface area (Å²) >= 11 is 0. The normalized spacial score (nSPS) is 22.4. The van der Waals surface area contributed by atoms with Crippen LogP contribution in [-0.4, -0.2) is 41.2 Å². The first-order valence-corrected chi connectivity index (χ1v) is 8.96. The zero-order valence-corrected chi connectivity index (χ0v) is 14.1. The number of benzene rings is 1. The van der Waals surface area contributed by atoms with Crippen LogP contribution in [0.25, 0.3) is 10.9 Å². The maximum Gasteiger partial charge on any atom is 0.249 e. The van der Waals surface area contributed by atoms with Gasteiger partial charge in [0.2, 0.25) is 11.8 Å². The summed E-state index contributed by atoms with van der Waals surface area (Å²) in [5.74, 6) is -0.00316. The summed E-state index contributed by atoms with van der Waals surface area (Å²) in [5, 5.41) is 12.9. The molecule has 3 heterocycles. The van der Waals surface area contributed by atoms with E-state index >= 15 is 0 Å². The van der Waals surface area contributed by atoms with Crippen molar-refractivity contribution in [2.45, 2.75) is 31.7 Å². The highest BCUT2D eigenvalue weighted by atomic mass is 16.3. The number of anilines is 1. The van der Waals surface area contributed by atoms with Gasteiger partial charge >= 0.3 is 0 Å². The van der Waals surface area contributed by atoms with Crippen LogP contribution in [0.2, 0.25) is 0 Å². The van der Waals surface area contributed by atoms with E-state index in [1.54, 1.807) is 0 Å². The molecule has 2 aromatic rings. The fourth-order valence-electron chi connectivity index (χ4n) is 4.02. The van der Waals surface area contributed by atoms with E-state index in [2.05, 4.69) is 22.3 Å². The van der Waals surface area contributed by atoms with Gasteiger partial charge in [-0.15, -0.1) is 0 Å². The van der Waals surface area contributed by atoms with Crippen LogP contribution in [0.5, 0.6) is 0 Å². The summed E-state index contributed by atoms with van der Waals surface area (Å²) in [5.41, 5.74) is 2.20. The number of nitrogens with one attached hydrogen (secondary N) is 1. The van der Waals surface area contributed by atoms with Gasteiger partial charge in [-0.25, -0.2) is 0 Å². The monoisotopic (exact) mass is 341 g/mol. The number of nitrogens with zero attached hydrogens (tertiary/aromatic N) is 2. The van der Waals surface area contributed by atoms with Crippen molar-refractivity contribution in [3.63, 3.8) is 0 Å². The lowest BCUT2D eigenvalue weighted by Gasteiger charge is -2.33. The number of piperidine rings is 2. The number of aliphatic hydroxyl groups is 1. The average molecular weight is 341 g/mol. The van der Waals surface area contributed by atoms with Gasteiger partial charge in [0.1, 0.15) is 6.04 Å². The quantitative estimate of drug-likeness (QED) is 0.835. The molecule has 2 N–H and O–H groups in total. The van der Waals surface area contributed by atoms with E-state index in [9.17, 15) is 14.7 Å². The van der Waals surface area contributed by atoms with E-state index in [-0.39, 0.29) is 24.5 Å². The Balaban J connectivity index is 1.65. The lowest BCUT2D eigenvalue weighted by molar-refractivity contribution is -0.135. The highest BCUT2D eigenvalue weighted by Crippen LogP contribution is 2.33. The summed E-state index contributed by atoms with van der Waals surface area (Å²) < 4.78 is 1.99. The fraction of sp³-hybridized carbons (Fsp3) is 0.474. The molecule has 4 rings (SSSR count). The second kappa shape index (κ2) is 6.52. The number of amides is 2. The SMILES string of the molecule is O=C1CCC(n2ccc3c(N4CCC(CO)CC4)cccc32)C(=O)N1. The summed E-state index contributed by atoms with van der Waals surface area (Å²) in [6.45, 7) is 2.14. The summed E-state index contributed by atoms with van der Waals surface area (Å²) in [6.07, 6.45) is 4.88. The van der Waals surface area contributed by atoms with Crippen molar-refractivity contribution in [1.29, 1.82) is 0 Å². The number of aliphatic hydroxyl groups excluding tert-OH is 1. The molecule has 0 bridgehead atoms. The fourth-order valence-corrected chi connectivity index (χ4v) is 4.02. The third-order valence-corrected chi connectivity index (χ3v) is 5.50. The highest BCUT2D eigenvalue weighted by Gasteiger charge is 2.29. The second-order valence-corrected chi connectivity index (χ2v) is 7.01. The Hall–Kier alpha value is -2.34. The zero-order chi connectivity index (χ0) is 17.4. The first-order chi connectivity index (χ1) is 12.2. The molecule has 2 amide bonds. The third-order valence-electron chi connectivity index (χ3n) is 5.50. The van der Waals surface area contributed by atoms with Crippen molar-refractivity contribution in [3.05, 3.63) is 30.5 Å². The highest BCUT2D eigenvalue weighted by molar-refractivity contribution is 6.01. The Morgan fingerprint density at radius 2 is 1.92 bits per heavy atom. The molecule has 0 aliphatic carbocycles. The van der Waals surface area contributed by atoms with E-state index in [0.29, 0.717) is 18.8 Å². The maximum atomic E-state index is 12.2.